The van der Waals surface area contributed by atoms with Crippen molar-refractivity contribution in [1.82, 2.24) is 14.5 Å². The van der Waals surface area contributed by atoms with Gasteiger partial charge in [0, 0.05) is 41.6 Å². The van der Waals surface area contributed by atoms with E-state index >= 15 is 4.39 Å². The number of carbonyl (C=O) groups is 1. The van der Waals surface area contributed by atoms with Crippen LogP contribution in [0.1, 0.15) is 61.5 Å². The van der Waals surface area contributed by atoms with Crippen LogP contribution in [0.15, 0.2) is 72.8 Å². The van der Waals surface area contributed by atoms with Crippen molar-refractivity contribution in [2.45, 2.75) is 63.5 Å². The molecule has 46 heavy (non-hydrogen) atoms. The van der Waals surface area contributed by atoms with E-state index in [0.717, 1.165) is 35.0 Å². The van der Waals surface area contributed by atoms with Gasteiger partial charge >= 0.3 is 5.97 Å². The third-order valence-electron chi connectivity index (χ3n) is 9.33. The fraction of sp³-hybridized carbons (Fsp3) is 0.361. The van der Waals surface area contributed by atoms with Crippen LogP contribution in [-0.4, -0.2) is 44.6 Å². The first-order valence-electron chi connectivity index (χ1n) is 15.9. The summed E-state index contributed by atoms with van der Waals surface area (Å²) in [7, 11) is 0. The van der Waals surface area contributed by atoms with Crippen LogP contribution in [0, 0.1) is 11.7 Å². The van der Waals surface area contributed by atoms with E-state index in [0.29, 0.717) is 54.1 Å². The predicted octanol–water partition coefficient (Wildman–Crippen LogP) is 7.94. The van der Waals surface area contributed by atoms with Crippen molar-refractivity contribution in [2.75, 3.05) is 18.0 Å². The number of anilines is 1. The van der Waals surface area contributed by atoms with E-state index in [-0.39, 0.29) is 25.5 Å². The molecule has 0 spiro atoms. The average molecular weight is 629 g/mol. The van der Waals surface area contributed by atoms with Crippen LogP contribution in [0.4, 0.5) is 18.9 Å². The maximum atomic E-state index is 15.6. The maximum Gasteiger partial charge on any atom is 0.307 e. The summed E-state index contributed by atoms with van der Waals surface area (Å²) < 4.78 is 51.7. The van der Waals surface area contributed by atoms with E-state index in [2.05, 4.69) is 4.98 Å². The quantitative estimate of drug-likeness (QED) is 0.188. The Kier molecular flexibility index (Phi) is 8.04. The highest BCUT2D eigenvalue weighted by molar-refractivity contribution is 5.79. The zero-order valence-electron chi connectivity index (χ0n) is 25.3. The van der Waals surface area contributed by atoms with Crippen molar-refractivity contribution in [3.05, 3.63) is 95.7 Å². The second kappa shape index (κ2) is 12.3. The summed E-state index contributed by atoms with van der Waals surface area (Å²) >= 11 is 0. The lowest BCUT2D eigenvalue weighted by Crippen LogP contribution is -2.42. The van der Waals surface area contributed by atoms with Crippen LogP contribution >= 0.6 is 0 Å². The molecule has 1 N–H and O–H groups in total. The lowest BCUT2D eigenvalue weighted by atomic mass is 9.78. The molecular formula is C36H35F3N4O3. The molecule has 2 fully saturated rings. The highest BCUT2D eigenvalue weighted by Crippen LogP contribution is 2.40. The number of aromatic nitrogens is 3. The van der Waals surface area contributed by atoms with Crippen molar-refractivity contribution in [3.8, 4) is 5.75 Å². The molecule has 10 heteroatoms. The smallest absolute Gasteiger partial charge is 0.307 e. The first-order chi connectivity index (χ1) is 22.2. The molecule has 2 atom stereocenters. The molecule has 7 nitrogen and oxygen atoms in total. The number of hydrogen-bond donors (Lipinski definition) is 1. The minimum absolute atomic E-state index is 0.123. The number of hydrogen-bond acceptors (Lipinski definition) is 5. The minimum atomic E-state index is -2.80. The molecule has 238 valence electrons. The Balaban J connectivity index is 1.20. The SMILES string of the molecule is O=C(O)[C@H]1CCCC[C@H]1c1nc2cc(OCc3ccc4ccccc4n3)ccc2n1Cc1ccc(N2CCCC(F)(F)C2)cc1F. The fourth-order valence-corrected chi connectivity index (χ4v) is 6.97. The number of aliphatic carboxylic acids is 1. The van der Waals surface area contributed by atoms with Gasteiger partial charge in [0.05, 0.1) is 41.3 Å². The van der Waals surface area contributed by atoms with Gasteiger partial charge in [0.25, 0.3) is 5.92 Å². The standard InChI is InChI=1S/C36H35F3N4O3/c37-30-18-26(42-17-5-16-36(38,39)22-42)13-11-24(30)20-43-33-15-14-27(46-21-25-12-10-23-6-1-4-9-31(23)40-25)19-32(33)41-34(43)28-7-2-3-8-29(28)35(44)45/h1,4,6,9-15,18-19,28-29H,2-3,5,7-8,16-17,20-22H2,(H,44,45)/t28-,29+/m1/s1. The highest BCUT2D eigenvalue weighted by Gasteiger charge is 2.37. The molecule has 7 rings (SSSR count). The first kappa shape index (κ1) is 30.1. The number of para-hydroxylation sites is 1. The summed E-state index contributed by atoms with van der Waals surface area (Å²) in [6.07, 6.45) is 3.12. The lowest BCUT2D eigenvalue weighted by Gasteiger charge is -2.34. The highest BCUT2D eigenvalue weighted by atomic mass is 19.3. The van der Waals surface area contributed by atoms with E-state index in [9.17, 15) is 18.7 Å². The van der Waals surface area contributed by atoms with Crippen LogP contribution < -0.4 is 9.64 Å². The van der Waals surface area contributed by atoms with Crippen LogP contribution in [0.5, 0.6) is 5.75 Å². The molecule has 1 saturated heterocycles. The van der Waals surface area contributed by atoms with Crippen molar-refractivity contribution in [2.24, 2.45) is 5.92 Å². The summed E-state index contributed by atoms with van der Waals surface area (Å²) in [6.45, 7) is 0.401. The monoisotopic (exact) mass is 628 g/mol. The van der Waals surface area contributed by atoms with Gasteiger partial charge in [-0.25, -0.2) is 23.1 Å². The molecule has 0 bridgehead atoms. The Morgan fingerprint density at radius 3 is 2.63 bits per heavy atom. The van der Waals surface area contributed by atoms with Gasteiger partial charge in [0.1, 0.15) is 24.0 Å². The number of fused-ring (bicyclic) bond motifs is 2. The van der Waals surface area contributed by atoms with Crippen molar-refractivity contribution < 1.29 is 27.8 Å². The number of halogens is 3. The number of carboxylic acid groups (broad SMARTS) is 1. The summed E-state index contributed by atoms with van der Waals surface area (Å²) in [6, 6.07) is 22.0. The van der Waals surface area contributed by atoms with Gasteiger partial charge in [-0.3, -0.25) is 4.79 Å². The molecule has 1 aliphatic heterocycles. The Morgan fingerprint density at radius 2 is 1.80 bits per heavy atom. The number of rotatable bonds is 8. The number of benzene rings is 3. The second-order valence-electron chi connectivity index (χ2n) is 12.5. The topological polar surface area (TPSA) is 80.5 Å². The number of imidazole rings is 1. The number of piperidine rings is 1. The molecule has 0 unspecified atom stereocenters. The Hall–Kier alpha value is -4.60. The summed E-state index contributed by atoms with van der Waals surface area (Å²) in [5.41, 5.74) is 3.83. The third-order valence-corrected chi connectivity index (χ3v) is 9.33. The molecule has 2 aliphatic rings. The lowest BCUT2D eigenvalue weighted by molar-refractivity contribution is -0.143. The van der Waals surface area contributed by atoms with Crippen LogP contribution in [0.2, 0.25) is 0 Å². The Morgan fingerprint density at radius 1 is 0.957 bits per heavy atom. The van der Waals surface area contributed by atoms with E-state index in [1.54, 1.807) is 12.1 Å². The largest absolute Gasteiger partial charge is 0.487 e. The summed E-state index contributed by atoms with van der Waals surface area (Å²) in [5.74, 6) is -3.88. The van der Waals surface area contributed by atoms with Crippen LogP contribution in [0.25, 0.3) is 21.9 Å². The van der Waals surface area contributed by atoms with E-state index in [1.807, 2.05) is 59.2 Å². The molecule has 3 aromatic carbocycles. The van der Waals surface area contributed by atoms with Gasteiger partial charge in [-0.2, -0.15) is 0 Å². The van der Waals surface area contributed by atoms with Gasteiger partial charge in [0.15, 0.2) is 0 Å². The molecule has 1 saturated carbocycles. The number of ether oxygens (including phenoxy) is 1. The Labute approximate surface area is 264 Å². The average Bonchev–Trinajstić information content (AvgIpc) is 3.41. The van der Waals surface area contributed by atoms with Crippen LogP contribution in [0.3, 0.4) is 0 Å². The predicted molar refractivity (Wildman–Crippen MR) is 170 cm³/mol. The zero-order chi connectivity index (χ0) is 31.8. The maximum absolute atomic E-state index is 15.6. The zero-order valence-corrected chi connectivity index (χ0v) is 25.3. The molecule has 0 amide bonds. The first-order valence-corrected chi connectivity index (χ1v) is 15.9. The number of alkyl halides is 2. The van der Waals surface area contributed by atoms with E-state index < -0.39 is 30.2 Å². The van der Waals surface area contributed by atoms with Gasteiger partial charge in [-0.05, 0) is 55.7 Å². The third kappa shape index (κ3) is 6.12. The molecule has 5 aromatic rings. The van der Waals surface area contributed by atoms with Gasteiger partial charge in [-0.1, -0.05) is 43.2 Å². The minimum Gasteiger partial charge on any atom is -0.487 e. The van der Waals surface area contributed by atoms with Crippen LogP contribution in [-0.2, 0) is 17.9 Å². The fourth-order valence-electron chi connectivity index (χ4n) is 6.97. The number of pyridine rings is 1. The van der Waals surface area contributed by atoms with Crippen molar-refractivity contribution in [1.29, 1.82) is 0 Å². The Bertz CT molecular complexity index is 1910. The van der Waals surface area contributed by atoms with Gasteiger partial charge in [0.2, 0.25) is 0 Å². The number of nitrogens with zero attached hydrogens (tertiary/aromatic N) is 4. The molecule has 0 radical (unpaired) electrons. The normalized spacial score (nSPS) is 19.8. The summed E-state index contributed by atoms with van der Waals surface area (Å²) in [4.78, 5) is 23.4. The molecule has 1 aliphatic carbocycles. The van der Waals surface area contributed by atoms with E-state index in [1.165, 1.54) is 11.0 Å². The molecular weight excluding hydrogens is 593 g/mol. The summed E-state index contributed by atoms with van der Waals surface area (Å²) in [5, 5.41) is 11.1. The number of carboxylic acids is 1. The van der Waals surface area contributed by atoms with Crippen molar-refractivity contribution in [3.63, 3.8) is 0 Å². The molecule has 3 heterocycles. The van der Waals surface area contributed by atoms with Crippen molar-refractivity contribution >= 4 is 33.6 Å². The second-order valence-corrected chi connectivity index (χ2v) is 12.5. The van der Waals surface area contributed by atoms with E-state index in [4.69, 9.17) is 9.72 Å². The molecule has 2 aromatic heterocycles. The van der Waals surface area contributed by atoms with Gasteiger partial charge < -0.3 is 19.3 Å². The van der Waals surface area contributed by atoms with Gasteiger partial charge in [-0.15, -0.1) is 0 Å².